The highest BCUT2D eigenvalue weighted by molar-refractivity contribution is 5.79. The minimum atomic E-state index is 0.744. The number of nitrogens with two attached hydrogens (primary N) is 1. The van der Waals surface area contributed by atoms with Crippen LogP contribution in [0.3, 0.4) is 0 Å². The van der Waals surface area contributed by atoms with Crippen molar-refractivity contribution in [3.8, 4) is 0 Å². The summed E-state index contributed by atoms with van der Waals surface area (Å²) in [6.07, 6.45) is 4.69. The summed E-state index contributed by atoms with van der Waals surface area (Å²) in [6.45, 7) is 0. The molecule has 0 atom stereocenters. The van der Waals surface area contributed by atoms with Gasteiger partial charge in [0.1, 0.15) is 5.71 Å². The molecule has 0 aliphatic heterocycles. The van der Waals surface area contributed by atoms with Gasteiger partial charge in [-0.25, -0.2) is 0 Å². The first-order valence-corrected chi connectivity index (χ1v) is 5.01. The van der Waals surface area contributed by atoms with Gasteiger partial charge in [-0.3, -0.25) is 5.41 Å². The maximum atomic E-state index is 5.79. The van der Waals surface area contributed by atoms with Crippen LogP contribution in [0.25, 0.3) is 0 Å². The van der Waals surface area contributed by atoms with Crippen molar-refractivity contribution in [2.75, 3.05) is 0 Å². The van der Waals surface area contributed by atoms with Gasteiger partial charge in [-0.05, 0) is 24.3 Å². The van der Waals surface area contributed by atoms with E-state index < -0.39 is 0 Å². The van der Waals surface area contributed by atoms with E-state index in [-0.39, 0.29) is 0 Å². The third-order valence-corrected chi connectivity index (χ3v) is 2.90. The van der Waals surface area contributed by atoms with Crippen LogP contribution in [0.5, 0.6) is 0 Å². The van der Waals surface area contributed by atoms with Crippen molar-refractivity contribution in [1.29, 1.82) is 0 Å². The third kappa shape index (κ3) is 1.97. The van der Waals surface area contributed by atoms with E-state index in [2.05, 4.69) is 30.3 Å². The molecule has 0 radical (unpaired) electrons. The fraction of sp³-hybridized carbons (Fsp3) is 0.417. The Hall–Kier alpha value is -1.11. The lowest BCUT2D eigenvalue weighted by atomic mass is 9.83. The molecule has 0 bridgehead atoms. The summed E-state index contributed by atoms with van der Waals surface area (Å²) in [7, 11) is 0. The lowest BCUT2D eigenvalue weighted by molar-refractivity contribution is -0.120. The number of hydrogen-bond acceptors (Lipinski definition) is 0. The second-order valence-electron chi connectivity index (χ2n) is 3.84. The molecule has 0 saturated heterocycles. The summed E-state index contributed by atoms with van der Waals surface area (Å²) in [5.41, 5.74) is 2.67. The van der Waals surface area contributed by atoms with E-state index in [0.717, 1.165) is 18.8 Å². The van der Waals surface area contributed by atoms with Crippen molar-refractivity contribution < 1.29 is 5.41 Å². The zero-order chi connectivity index (χ0) is 9.10. The lowest BCUT2D eigenvalue weighted by Crippen LogP contribution is -2.41. The molecule has 1 aromatic rings. The fourth-order valence-electron chi connectivity index (χ4n) is 2.05. The van der Waals surface area contributed by atoms with Gasteiger partial charge in [-0.1, -0.05) is 30.3 Å². The molecule has 1 heteroatoms. The standard InChI is InChI=1S/C12H15N/c13-12-8-6-11(7-9-12)10-4-2-1-3-5-10/h1-5,11,13H,6-9H2/p+1. The van der Waals surface area contributed by atoms with Gasteiger partial charge in [0.2, 0.25) is 0 Å². The van der Waals surface area contributed by atoms with Gasteiger partial charge >= 0.3 is 0 Å². The topological polar surface area (TPSA) is 25.6 Å². The summed E-state index contributed by atoms with van der Waals surface area (Å²) in [4.78, 5) is 0. The second-order valence-corrected chi connectivity index (χ2v) is 3.84. The van der Waals surface area contributed by atoms with Gasteiger partial charge in [0.15, 0.2) is 0 Å². The maximum absolute atomic E-state index is 5.79. The molecule has 1 saturated carbocycles. The highest BCUT2D eigenvalue weighted by Crippen LogP contribution is 2.30. The molecule has 68 valence electrons. The lowest BCUT2D eigenvalue weighted by Gasteiger charge is -2.20. The van der Waals surface area contributed by atoms with E-state index >= 15 is 0 Å². The van der Waals surface area contributed by atoms with Crippen LogP contribution in [-0.4, -0.2) is 5.71 Å². The Kier molecular flexibility index (Phi) is 2.44. The van der Waals surface area contributed by atoms with Crippen LogP contribution in [0.2, 0.25) is 0 Å². The second kappa shape index (κ2) is 3.73. The molecule has 0 heterocycles. The van der Waals surface area contributed by atoms with E-state index in [9.17, 15) is 0 Å². The third-order valence-electron chi connectivity index (χ3n) is 2.90. The average Bonchev–Trinajstić information content (AvgIpc) is 2.20. The molecular formula is C12H16N+. The predicted octanol–water partition coefficient (Wildman–Crippen LogP) is 1.54. The molecule has 2 rings (SSSR count). The summed E-state index contributed by atoms with van der Waals surface area (Å²) < 4.78 is 0. The predicted molar refractivity (Wildman–Crippen MR) is 54.6 cm³/mol. The largest absolute Gasteiger partial charge is 0.261 e. The molecule has 1 fully saturated rings. The van der Waals surface area contributed by atoms with Crippen molar-refractivity contribution in [3.63, 3.8) is 0 Å². The first-order chi connectivity index (χ1) is 6.36. The highest BCUT2D eigenvalue weighted by Gasteiger charge is 2.20. The Labute approximate surface area is 79.3 Å². The van der Waals surface area contributed by atoms with Gasteiger partial charge in [0.25, 0.3) is 0 Å². The summed E-state index contributed by atoms with van der Waals surface area (Å²) in [6, 6.07) is 10.8. The molecule has 1 aliphatic carbocycles. The van der Waals surface area contributed by atoms with Gasteiger partial charge in [-0.15, -0.1) is 0 Å². The van der Waals surface area contributed by atoms with Crippen LogP contribution in [0, 0.1) is 0 Å². The molecule has 13 heavy (non-hydrogen) atoms. The Morgan fingerprint density at radius 2 is 1.62 bits per heavy atom. The summed E-state index contributed by atoms with van der Waals surface area (Å²) >= 11 is 0. The number of benzene rings is 1. The molecule has 0 spiro atoms. The highest BCUT2D eigenvalue weighted by atomic mass is 14.4. The van der Waals surface area contributed by atoms with Crippen molar-refractivity contribution in [2.45, 2.75) is 31.6 Å². The number of hydrogen-bond donors (Lipinski definition) is 1. The minimum absolute atomic E-state index is 0.744. The monoisotopic (exact) mass is 174 g/mol. The normalized spacial score (nSPS) is 18.9. The van der Waals surface area contributed by atoms with Gasteiger partial charge in [0.05, 0.1) is 0 Å². The SMILES string of the molecule is [NH2+]=C1CCC(c2ccccc2)CC1. The van der Waals surface area contributed by atoms with Crippen LogP contribution in [-0.2, 0) is 0 Å². The quantitative estimate of drug-likeness (QED) is 0.668. The summed E-state index contributed by atoms with van der Waals surface area (Å²) in [5.74, 6) is 0.744. The molecule has 1 aliphatic rings. The molecule has 0 aromatic heterocycles. The molecule has 1 aromatic carbocycles. The van der Waals surface area contributed by atoms with E-state index in [1.807, 2.05) is 0 Å². The average molecular weight is 174 g/mol. The zero-order valence-corrected chi connectivity index (χ0v) is 7.87. The van der Waals surface area contributed by atoms with Gasteiger partial charge in [-0.2, -0.15) is 0 Å². The summed E-state index contributed by atoms with van der Waals surface area (Å²) in [5, 5.41) is 5.79. The molecule has 2 N–H and O–H groups in total. The number of rotatable bonds is 1. The molecule has 1 nitrogen and oxygen atoms in total. The first-order valence-electron chi connectivity index (χ1n) is 5.01. The smallest absolute Gasteiger partial charge is 0.149 e. The molecule has 0 unspecified atom stereocenters. The van der Waals surface area contributed by atoms with Crippen molar-refractivity contribution in [3.05, 3.63) is 35.9 Å². The Morgan fingerprint density at radius 3 is 2.23 bits per heavy atom. The Bertz CT molecular complexity index is 279. The van der Waals surface area contributed by atoms with Gasteiger partial charge in [0, 0.05) is 12.8 Å². The van der Waals surface area contributed by atoms with E-state index in [1.54, 1.807) is 0 Å². The van der Waals surface area contributed by atoms with Crippen LogP contribution in [0.15, 0.2) is 30.3 Å². The Balaban J connectivity index is 2.07. The van der Waals surface area contributed by atoms with Crippen LogP contribution in [0.1, 0.15) is 37.2 Å². The first kappa shape index (κ1) is 8.49. The van der Waals surface area contributed by atoms with E-state index in [4.69, 9.17) is 5.41 Å². The zero-order valence-electron chi connectivity index (χ0n) is 7.87. The van der Waals surface area contributed by atoms with Crippen molar-refractivity contribution in [2.24, 2.45) is 0 Å². The van der Waals surface area contributed by atoms with Crippen LogP contribution in [0.4, 0.5) is 0 Å². The van der Waals surface area contributed by atoms with E-state index in [1.165, 1.54) is 24.1 Å². The van der Waals surface area contributed by atoms with Crippen molar-refractivity contribution in [1.82, 2.24) is 0 Å². The van der Waals surface area contributed by atoms with Crippen molar-refractivity contribution >= 4 is 5.71 Å². The van der Waals surface area contributed by atoms with E-state index in [0.29, 0.717) is 0 Å². The fourth-order valence-corrected chi connectivity index (χ4v) is 2.05. The van der Waals surface area contributed by atoms with Crippen LogP contribution < -0.4 is 5.41 Å². The van der Waals surface area contributed by atoms with Crippen LogP contribution >= 0.6 is 0 Å². The Morgan fingerprint density at radius 1 is 1.00 bits per heavy atom. The minimum Gasteiger partial charge on any atom is -0.261 e. The molecule has 0 amide bonds. The van der Waals surface area contributed by atoms with Gasteiger partial charge < -0.3 is 0 Å². The molecular weight excluding hydrogens is 158 g/mol. The maximum Gasteiger partial charge on any atom is 0.149 e.